The molecule has 0 unspecified atom stereocenters. The number of hydrogen-bond acceptors (Lipinski definition) is 5. The van der Waals surface area contributed by atoms with Crippen LogP contribution in [-0.2, 0) is 0 Å². The van der Waals surface area contributed by atoms with Crippen LogP contribution in [0.4, 0.5) is 0 Å². The van der Waals surface area contributed by atoms with E-state index in [0.717, 1.165) is 16.7 Å². The van der Waals surface area contributed by atoms with E-state index in [1.807, 2.05) is 32.9 Å². The van der Waals surface area contributed by atoms with Crippen LogP contribution in [-0.4, -0.2) is 29.0 Å². The molecule has 156 valence electrons. The van der Waals surface area contributed by atoms with Gasteiger partial charge in [0, 0.05) is 11.1 Å². The van der Waals surface area contributed by atoms with E-state index in [9.17, 15) is 15.3 Å². The highest BCUT2D eigenvalue weighted by atomic mass is 16.5. The summed E-state index contributed by atoms with van der Waals surface area (Å²) in [6.07, 6.45) is 1.93. The van der Waals surface area contributed by atoms with E-state index >= 15 is 0 Å². The summed E-state index contributed by atoms with van der Waals surface area (Å²) in [5.74, 6) is 0.844. The zero-order valence-electron chi connectivity index (χ0n) is 17.6. The summed E-state index contributed by atoms with van der Waals surface area (Å²) in [5.41, 5.74) is 4.68. The normalized spacial score (nSPS) is 10.5. The fourth-order valence-electron chi connectivity index (χ4n) is 3.30. The van der Waals surface area contributed by atoms with Crippen LogP contribution in [0.3, 0.4) is 0 Å². The van der Waals surface area contributed by atoms with Crippen LogP contribution in [0.25, 0.3) is 22.3 Å². The smallest absolute Gasteiger partial charge is 0.168 e. The van der Waals surface area contributed by atoms with Gasteiger partial charge in [0.05, 0.1) is 7.11 Å². The Kier molecular flexibility index (Phi) is 6.21. The molecule has 0 atom stereocenters. The van der Waals surface area contributed by atoms with Crippen molar-refractivity contribution in [3.05, 3.63) is 65.7 Å². The fourth-order valence-corrected chi connectivity index (χ4v) is 3.30. The molecule has 0 heterocycles. The molecule has 0 bridgehead atoms. The molecule has 0 aromatic heterocycles. The molecule has 5 nitrogen and oxygen atoms in total. The molecule has 3 aromatic rings. The molecule has 0 aliphatic carbocycles. The first kappa shape index (κ1) is 21.1. The van der Waals surface area contributed by atoms with Gasteiger partial charge in [0.2, 0.25) is 0 Å². The van der Waals surface area contributed by atoms with Crippen LogP contribution in [0.5, 0.6) is 28.7 Å². The third-order valence-electron chi connectivity index (χ3n) is 4.81. The number of ether oxygens (including phenoxy) is 2. The molecule has 3 aromatic carbocycles. The van der Waals surface area contributed by atoms with E-state index in [2.05, 4.69) is 0 Å². The molecule has 30 heavy (non-hydrogen) atoms. The maximum Gasteiger partial charge on any atom is 0.168 e. The lowest BCUT2D eigenvalue weighted by Gasteiger charge is -2.18. The molecule has 0 amide bonds. The second-order valence-corrected chi connectivity index (χ2v) is 7.32. The molecule has 5 heteroatoms. The number of aryl methyl sites for hydroxylation is 1. The van der Waals surface area contributed by atoms with Gasteiger partial charge in [-0.25, -0.2) is 0 Å². The lowest BCUT2D eigenvalue weighted by Crippen LogP contribution is -1.96. The number of rotatable bonds is 6. The van der Waals surface area contributed by atoms with Crippen molar-refractivity contribution in [3.63, 3.8) is 0 Å². The minimum absolute atomic E-state index is 0.00460. The van der Waals surface area contributed by atoms with Gasteiger partial charge in [-0.2, -0.15) is 0 Å². The number of allylic oxidation sites excluding steroid dienone is 1. The Bertz CT molecular complexity index is 1080. The standard InChI is InChI=1S/C25H26O5/c1-15(2)11-12-30-22-10-7-18(14-21(22)27)23-16(3)13-20(25(29-4)24(23)28)17-5-8-19(26)9-6-17/h5-11,13-14,26-28H,12H2,1-4H3. The average Bonchev–Trinajstić information content (AvgIpc) is 2.69. The number of hydrogen-bond donors (Lipinski definition) is 3. The Morgan fingerprint density at radius 2 is 1.60 bits per heavy atom. The minimum atomic E-state index is -0.0156. The molecule has 0 radical (unpaired) electrons. The zero-order chi connectivity index (χ0) is 21.8. The summed E-state index contributed by atoms with van der Waals surface area (Å²) in [5, 5.41) is 30.9. The zero-order valence-corrected chi connectivity index (χ0v) is 17.6. The van der Waals surface area contributed by atoms with Gasteiger partial charge in [0.25, 0.3) is 0 Å². The van der Waals surface area contributed by atoms with Gasteiger partial charge >= 0.3 is 0 Å². The van der Waals surface area contributed by atoms with Crippen LogP contribution < -0.4 is 9.47 Å². The van der Waals surface area contributed by atoms with Crippen molar-refractivity contribution in [1.29, 1.82) is 0 Å². The summed E-state index contributed by atoms with van der Waals surface area (Å²) >= 11 is 0. The molecule has 0 saturated carbocycles. The number of aromatic hydroxyl groups is 3. The highest BCUT2D eigenvalue weighted by Gasteiger charge is 2.20. The van der Waals surface area contributed by atoms with Gasteiger partial charge in [0.15, 0.2) is 23.0 Å². The predicted octanol–water partition coefficient (Wildman–Crippen LogP) is 5.80. The van der Waals surface area contributed by atoms with Crippen LogP contribution in [0.1, 0.15) is 19.4 Å². The Morgan fingerprint density at radius 1 is 0.933 bits per heavy atom. The third-order valence-corrected chi connectivity index (χ3v) is 4.81. The first-order valence-electron chi connectivity index (χ1n) is 9.61. The highest BCUT2D eigenvalue weighted by molar-refractivity contribution is 5.85. The predicted molar refractivity (Wildman–Crippen MR) is 119 cm³/mol. The van der Waals surface area contributed by atoms with Crippen molar-refractivity contribution in [2.75, 3.05) is 13.7 Å². The summed E-state index contributed by atoms with van der Waals surface area (Å²) < 4.78 is 11.1. The second kappa shape index (κ2) is 8.82. The van der Waals surface area contributed by atoms with Gasteiger partial charge in [-0.1, -0.05) is 23.8 Å². The third kappa shape index (κ3) is 4.35. The van der Waals surface area contributed by atoms with Crippen molar-refractivity contribution in [2.24, 2.45) is 0 Å². The highest BCUT2D eigenvalue weighted by Crippen LogP contribution is 2.47. The molecule has 0 spiro atoms. The minimum Gasteiger partial charge on any atom is -0.508 e. The van der Waals surface area contributed by atoms with Crippen LogP contribution >= 0.6 is 0 Å². The molecular formula is C25H26O5. The van der Waals surface area contributed by atoms with E-state index in [1.54, 1.807) is 42.5 Å². The van der Waals surface area contributed by atoms with Gasteiger partial charge in [-0.15, -0.1) is 0 Å². The summed E-state index contributed by atoms with van der Waals surface area (Å²) in [6, 6.07) is 13.6. The number of benzene rings is 3. The average molecular weight is 406 g/mol. The Morgan fingerprint density at radius 3 is 2.20 bits per heavy atom. The lowest BCUT2D eigenvalue weighted by molar-refractivity contribution is 0.335. The van der Waals surface area contributed by atoms with E-state index < -0.39 is 0 Å². The van der Waals surface area contributed by atoms with E-state index in [1.165, 1.54) is 7.11 Å². The SMILES string of the molecule is COc1c(-c2ccc(O)cc2)cc(C)c(-c2ccc(OCC=C(C)C)c(O)c2)c1O. The topological polar surface area (TPSA) is 79.2 Å². The largest absolute Gasteiger partial charge is 0.508 e. The van der Waals surface area contributed by atoms with Gasteiger partial charge in [0.1, 0.15) is 12.4 Å². The van der Waals surface area contributed by atoms with Crippen LogP contribution in [0.15, 0.2) is 60.2 Å². The monoisotopic (exact) mass is 406 g/mol. The molecular weight excluding hydrogens is 380 g/mol. The molecule has 0 fully saturated rings. The van der Waals surface area contributed by atoms with Gasteiger partial charge < -0.3 is 24.8 Å². The van der Waals surface area contributed by atoms with Crippen molar-refractivity contribution in [1.82, 2.24) is 0 Å². The first-order chi connectivity index (χ1) is 14.3. The molecule has 3 rings (SSSR count). The Balaban J connectivity index is 2.03. The van der Waals surface area contributed by atoms with Crippen molar-refractivity contribution in [2.45, 2.75) is 20.8 Å². The summed E-state index contributed by atoms with van der Waals surface area (Å²) in [4.78, 5) is 0. The maximum absolute atomic E-state index is 11.0. The van der Waals surface area contributed by atoms with Crippen molar-refractivity contribution >= 4 is 0 Å². The Hall–Kier alpha value is -3.60. The van der Waals surface area contributed by atoms with Gasteiger partial charge in [-0.3, -0.25) is 0 Å². The summed E-state index contributed by atoms with van der Waals surface area (Å²) in [7, 11) is 1.50. The summed E-state index contributed by atoms with van der Waals surface area (Å²) in [6.45, 7) is 6.21. The quantitative estimate of drug-likeness (QED) is 0.451. The number of phenolic OH excluding ortho intramolecular Hbond substituents is 3. The van der Waals surface area contributed by atoms with E-state index in [4.69, 9.17) is 9.47 Å². The van der Waals surface area contributed by atoms with Crippen LogP contribution in [0.2, 0.25) is 0 Å². The fraction of sp³-hybridized carbons (Fsp3) is 0.200. The maximum atomic E-state index is 11.0. The molecule has 0 aliphatic rings. The second-order valence-electron chi connectivity index (χ2n) is 7.32. The molecule has 0 aliphatic heterocycles. The first-order valence-corrected chi connectivity index (χ1v) is 9.61. The van der Waals surface area contributed by atoms with E-state index in [-0.39, 0.29) is 17.2 Å². The van der Waals surface area contributed by atoms with Crippen molar-refractivity contribution < 1.29 is 24.8 Å². The van der Waals surface area contributed by atoms with Crippen LogP contribution in [0, 0.1) is 6.92 Å². The number of methoxy groups -OCH3 is 1. The Labute approximate surface area is 176 Å². The molecule has 0 saturated heterocycles. The van der Waals surface area contributed by atoms with Crippen molar-refractivity contribution in [3.8, 4) is 51.0 Å². The molecule has 3 N–H and O–H groups in total. The lowest BCUT2D eigenvalue weighted by atomic mass is 9.93. The number of phenols is 3. The van der Waals surface area contributed by atoms with E-state index in [0.29, 0.717) is 34.8 Å². The van der Waals surface area contributed by atoms with Gasteiger partial charge in [-0.05, 0) is 73.9 Å².